The van der Waals surface area contributed by atoms with Gasteiger partial charge in [0.1, 0.15) is 11.7 Å². The Labute approximate surface area is 208 Å². The number of ether oxygens (including phenoxy) is 3. The zero-order valence-electron chi connectivity index (χ0n) is 21.6. The van der Waals surface area contributed by atoms with Crippen LogP contribution in [-0.4, -0.2) is 72.1 Å². The number of rotatable bonds is 7. The Morgan fingerprint density at radius 1 is 1.26 bits per heavy atom. The lowest BCUT2D eigenvalue weighted by molar-refractivity contribution is -0.207. The third-order valence-corrected chi connectivity index (χ3v) is 9.24. The molecule has 1 spiro atoms. The summed E-state index contributed by atoms with van der Waals surface area (Å²) in [6, 6.07) is 4.30. The molecule has 3 aliphatic carbocycles. The maximum atomic E-state index is 12.3. The summed E-state index contributed by atoms with van der Waals surface area (Å²) in [6.07, 6.45) is 6.63. The van der Waals surface area contributed by atoms with Gasteiger partial charge in [0, 0.05) is 37.8 Å². The number of phenolic OH excluding ortho intramolecular Hbond substituents is 1. The smallest absolute Gasteiger partial charge is 0.307 e. The van der Waals surface area contributed by atoms with Crippen molar-refractivity contribution in [2.24, 2.45) is 5.92 Å². The van der Waals surface area contributed by atoms with E-state index in [0.29, 0.717) is 24.8 Å². The highest BCUT2D eigenvalue weighted by atomic mass is 16.6. The van der Waals surface area contributed by atoms with Crippen molar-refractivity contribution in [3.63, 3.8) is 0 Å². The molecule has 2 N–H and O–H groups in total. The van der Waals surface area contributed by atoms with E-state index in [2.05, 4.69) is 16.3 Å². The number of carbonyl (C=O) groups is 1. The van der Waals surface area contributed by atoms with Gasteiger partial charge in [0.2, 0.25) is 0 Å². The van der Waals surface area contributed by atoms with E-state index >= 15 is 0 Å². The van der Waals surface area contributed by atoms with Gasteiger partial charge in [0.15, 0.2) is 11.5 Å². The highest BCUT2D eigenvalue weighted by Crippen LogP contribution is 2.66. The molecule has 7 heteroatoms. The van der Waals surface area contributed by atoms with Crippen LogP contribution in [0.5, 0.6) is 11.5 Å². The number of nitrogens with zero attached hydrogens (tertiary/aromatic N) is 1. The maximum absolute atomic E-state index is 12.3. The van der Waals surface area contributed by atoms with Crippen LogP contribution in [-0.2, 0) is 26.1 Å². The summed E-state index contributed by atoms with van der Waals surface area (Å²) >= 11 is 0. The molecule has 1 aromatic rings. The first-order valence-corrected chi connectivity index (χ1v) is 13.4. The van der Waals surface area contributed by atoms with E-state index in [9.17, 15) is 9.90 Å². The molecule has 2 aliphatic heterocycles. The summed E-state index contributed by atoms with van der Waals surface area (Å²) < 4.78 is 18.8. The van der Waals surface area contributed by atoms with Crippen molar-refractivity contribution in [1.29, 1.82) is 0 Å². The molecule has 0 amide bonds. The van der Waals surface area contributed by atoms with Gasteiger partial charge in [-0.15, -0.1) is 0 Å². The zero-order valence-corrected chi connectivity index (χ0v) is 21.6. The average Bonchev–Trinajstić information content (AvgIpc) is 3.54. The van der Waals surface area contributed by atoms with Crippen molar-refractivity contribution in [2.75, 3.05) is 26.7 Å². The largest absolute Gasteiger partial charge is 0.504 e. The van der Waals surface area contributed by atoms with Crippen LogP contribution in [0.25, 0.3) is 0 Å². The van der Waals surface area contributed by atoms with Gasteiger partial charge in [0.25, 0.3) is 0 Å². The minimum absolute atomic E-state index is 0.0779. The van der Waals surface area contributed by atoms with E-state index in [1.165, 1.54) is 24.0 Å². The van der Waals surface area contributed by atoms with Gasteiger partial charge < -0.3 is 24.6 Å². The normalized spacial score (nSPS) is 35.4. The monoisotopic (exact) mass is 484 g/mol. The molecule has 5 aliphatic rings. The van der Waals surface area contributed by atoms with Crippen LogP contribution in [0.4, 0.5) is 0 Å². The second-order valence-corrected chi connectivity index (χ2v) is 12.4. The van der Waals surface area contributed by atoms with Crippen molar-refractivity contribution in [3.8, 4) is 11.5 Å². The summed E-state index contributed by atoms with van der Waals surface area (Å²) in [4.78, 5) is 15.0. The molecule has 0 unspecified atom stereocenters. The Morgan fingerprint density at radius 2 is 2.06 bits per heavy atom. The molecular formula is C28H40N2O5. The zero-order chi connectivity index (χ0) is 24.6. The van der Waals surface area contributed by atoms with Gasteiger partial charge in [0.05, 0.1) is 17.4 Å². The van der Waals surface area contributed by atoms with Gasteiger partial charge in [-0.25, -0.2) is 0 Å². The molecule has 192 valence electrons. The van der Waals surface area contributed by atoms with Crippen molar-refractivity contribution in [3.05, 3.63) is 23.3 Å². The Bertz CT molecular complexity index is 1020. The Kier molecular flexibility index (Phi) is 5.44. The predicted octanol–water partition coefficient (Wildman–Crippen LogP) is 3.30. The van der Waals surface area contributed by atoms with Gasteiger partial charge in [-0.2, -0.15) is 0 Å². The lowest BCUT2D eigenvalue weighted by Crippen LogP contribution is -2.78. The number of methoxy groups -OCH3 is 1. The maximum Gasteiger partial charge on any atom is 0.307 e. The summed E-state index contributed by atoms with van der Waals surface area (Å²) in [6.45, 7) is 8.42. The molecular weight excluding hydrogens is 444 g/mol. The Hall–Kier alpha value is -1.83. The van der Waals surface area contributed by atoms with Crippen molar-refractivity contribution < 1.29 is 24.1 Å². The number of phenols is 1. The molecule has 1 aromatic carbocycles. The second-order valence-electron chi connectivity index (χ2n) is 12.4. The first kappa shape index (κ1) is 23.6. The number of piperidine rings is 1. The third-order valence-electron chi connectivity index (χ3n) is 9.24. The number of hydrogen-bond donors (Lipinski definition) is 2. The minimum atomic E-state index is -0.478. The van der Waals surface area contributed by atoms with Gasteiger partial charge >= 0.3 is 5.97 Å². The number of aromatic hydroxyl groups is 1. The van der Waals surface area contributed by atoms with Crippen LogP contribution in [0, 0.1) is 5.92 Å². The number of benzene rings is 1. The molecule has 5 atom stereocenters. The van der Waals surface area contributed by atoms with Gasteiger partial charge in [-0.05, 0) is 83.4 Å². The Balaban J connectivity index is 1.32. The van der Waals surface area contributed by atoms with Gasteiger partial charge in [-0.1, -0.05) is 6.07 Å². The topological polar surface area (TPSA) is 80.3 Å². The Morgan fingerprint density at radius 3 is 2.77 bits per heavy atom. The summed E-state index contributed by atoms with van der Waals surface area (Å²) in [7, 11) is 1.88. The number of likely N-dealkylation sites (tertiary alicyclic amines) is 1. The highest BCUT2D eigenvalue weighted by Gasteiger charge is 2.73. The molecule has 0 aromatic heterocycles. The SMILES string of the molecule is CO[C@@]12CC[C@H](NCCC(=O)OC(C)(C)C)[C@@H]3Oc4c(O)ccc5c4[C@@]31CCN(CC1CC1)[C@@H]2C5. The van der Waals surface area contributed by atoms with Crippen molar-refractivity contribution >= 4 is 5.97 Å². The highest BCUT2D eigenvalue weighted by molar-refractivity contribution is 5.70. The summed E-state index contributed by atoms with van der Waals surface area (Å²) in [5.74, 6) is 1.52. The minimum Gasteiger partial charge on any atom is -0.504 e. The molecule has 2 bridgehead atoms. The van der Waals surface area contributed by atoms with Crippen LogP contribution in [0.15, 0.2) is 12.1 Å². The van der Waals surface area contributed by atoms with E-state index in [4.69, 9.17) is 14.2 Å². The number of nitrogens with one attached hydrogen (secondary N) is 1. The molecule has 2 heterocycles. The van der Waals surface area contributed by atoms with Crippen molar-refractivity contribution in [2.45, 2.75) is 101 Å². The molecule has 0 radical (unpaired) electrons. The lowest BCUT2D eigenvalue weighted by Gasteiger charge is -2.65. The van der Waals surface area contributed by atoms with E-state index < -0.39 is 5.60 Å². The second kappa shape index (κ2) is 8.09. The first-order chi connectivity index (χ1) is 16.7. The molecule has 3 fully saturated rings. The molecule has 7 nitrogen and oxygen atoms in total. The number of carbonyl (C=O) groups excluding carboxylic acids is 1. The van der Waals surface area contributed by atoms with E-state index in [1.54, 1.807) is 6.07 Å². The van der Waals surface area contributed by atoms with E-state index in [0.717, 1.165) is 44.7 Å². The van der Waals surface area contributed by atoms with Crippen molar-refractivity contribution in [1.82, 2.24) is 10.2 Å². The molecule has 6 rings (SSSR count). The number of hydrogen-bond acceptors (Lipinski definition) is 7. The van der Waals surface area contributed by atoms with Gasteiger partial charge in [-0.3, -0.25) is 9.69 Å². The fourth-order valence-corrected chi connectivity index (χ4v) is 7.83. The van der Waals surface area contributed by atoms with Crippen LogP contribution in [0.1, 0.15) is 70.4 Å². The summed E-state index contributed by atoms with van der Waals surface area (Å²) in [5, 5.41) is 14.5. The van der Waals surface area contributed by atoms with Crippen LogP contribution < -0.4 is 10.1 Å². The van der Waals surface area contributed by atoms with Crippen LogP contribution in [0.2, 0.25) is 0 Å². The third kappa shape index (κ3) is 3.52. The number of esters is 1. The molecule has 2 saturated carbocycles. The van der Waals surface area contributed by atoms with Crippen LogP contribution >= 0.6 is 0 Å². The van der Waals surface area contributed by atoms with E-state index in [1.807, 2.05) is 27.9 Å². The fraction of sp³-hybridized carbons (Fsp3) is 0.750. The van der Waals surface area contributed by atoms with E-state index in [-0.39, 0.29) is 34.9 Å². The standard InChI is InChI=1S/C28H40N2O5/c1-26(2,3)35-22(32)10-13-29-19-9-11-28(33-4)21-15-18-7-8-20(31)24-23(18)27(28,25(19)34-24)12-14-30(21)16-17-5-6-17/h7-8,17,19,21,25,29,31H,5-6,9-16H2,1-4H3/t19-,21+,25-,27-,28+/m0/s1. The average molecular weight is 485 g/mol. The quantitative estimate of drug-likeness (QED) is 0.575. The molecule has 35 heavy (non-hydrogen) atoms. The van der Waals surface area contributed by atoms with Crippen LogP contribution in [0.3, 0.4) is 0 Å². The predicted molar refractivity (Wildman–Crippen MR) is 132 cm³/mol. The summed E-state index contributed by atoms with van der Waals surface area (Å²) in [5.41, 5.74) is 1.38. The first-order valence-electron chi connectivity index (χ1n) is 13.4. The lowest BCUT2D eigenvalue weighted by atomic mass is 9.48. The molecule has 1 saturated heterocycles. The fourth-order valence-electron chi connectivity index (χ4n) is 7.83.